The van der Waals surface area contributed by atoms with Crippen LogP contribution in [0.2, 0.25) is 0 Å². The molecule has 4 heteroatoms. The SMILES string of the molecule is Cc1ncc(CCNC(=O)C2CCC2)[nH]1. The minimum atomic E-state index is 0.220. The van der Waals surface area contributed by atoms with Crippen molar-refractivity contribution >= 4 is 5.91 Å². The van der Waals surface area contributed by atoms with E-state index in [1.807, 2.05) is 13.1 Å². The quantitative estimate of drug-likeness (QED) is 0.778. The van der Waals surface area contributed by atoms with Crippen LogP contribution in [0.4, 0.5) is 0 Å². The number of nitrogens with zero attached hydrogens (tertiary/aromatic N) is 1. The summed E-state index contributed by atoms with van der Waals surface area (Å²) in [6.45, 7) is 2.63. The number of aromatic nitrogens is 2. The number of aryl methyl sites for hydroxylation is 1. The van der Waals surface area contributed by atoms with Crippen molar-refractivity contribution in [1.82, 2.24) is 15.3 Å². The van der Waals surface area contributed by atoms with Gasteiger partial charge in [0.25, 0.3) is 0 Å². The highest BCUT2D eigenvalue weighted by Crippen LogP contribution is 2.25. The third kappa shape index (κ3) is 2.58. The molecule has 15 heavy (non-hydrogen) atoms. The first-order valence-corrected chi connectivity index (χ1v) is 5.54. The number of H-pyrrole nitrogens is 1. The van der Waals surface area contributed by atoms with Gasteiger partial charge in [0.2, 0.25) is 5.91 Å². The lowest BCUT2D eigenvalue weighted by Crippen LogP contribution is -2.35. The number of carbonyl (C=O) groups excluding carboxylic acids is 1. The summed E-state index contributed by atoms with van der Waals surface area (Å²) in [6, 6.07) is 0. The number of nitrogens with one attached hydrogen (secondary N) is 2. The molecule has 0 bridgehead atoms. The number of hydrogen-bond acceptors (Lipinski definition) is 2. The third-order valence-corrected chi connectivity index (χ3v) is 2.93. The molecule has 1 amide bonds. The van der Waals surface area contributed by atoms with Crippen LogP contribution < -0.4 is 5.32 Å². The predicted molar refractivity (Wildman–Crippen MR) is 57.4 cm³/mol. The smallest absolute Gasteiger partial charge is 0.223 e. The Kier molecular flexibility index (Phi) is 3.04. The lowest BCUT2D eigenvalue weighted by molar-refractivity contribution is -0.127. The Labute approximate surface area is 89.5 Å². The predicted octanol–water partition coefficient (Wildman–Crippen LogP) is 1.18. The number of imidazole rings is 1. The molecular formula is C11H17N3O. The number of amides is 1. The fourth-order valence-corrected chi connectivity index (χ4v) is 1.73. The van der Waals surface area contributed by atoms with E-state index in [9.17, 15) is 4.79 Å². The van der Waals surface area contributed by atoms with Crippen LogP contribution in [0.3, 0.4) is 0 Å². The van der Waals surface area contributed by atoms with Gasteiger partial charge in [-0.05, 0) is 19.8 Å². The van der Waals surface area contributed by atoms with Crippen molar-refractivity contribution < 1.29 is 4.79 Å². The fraction of sp³-hybridized carbons (Fsp3) is 0.636. The standard InChI is InChI=1S/C11H17N3O/c1-8-13-7-10(14-8)5-6-12-11(15)9-3-2-4-9/h7,9H,2-6H2,1H3,(H,12,15)(H,13,14). The maximum Gasteiger partial charge on any atom is 0.223 e. The molecule has 0 saturated heterocycles. The summed E-state index contributed by atoms with van der Waals surface area (Å²) in [5.74, 6) is 1.43. The molecule has 2 N–H and O–H groups in total. The molecule has 4 nitrogen and oxygen atoms in total. The van der Waals surface area contributed by atoms with Gasteiger partial charge in [-0.1, -0.05) is 6.42 Å². The largest absolute Gasteiger partial charge is 0.355 e. The second-order valence-corrected chi connectivity index (χ2v) is 4.16. The monoisotopic (exact) mass is 207 g/mol. The third-order valence-electron chi connectivity index (χ3n) is 2.93. The Bertz CT molecular complexity index is 341. The van der Waals surface area contributed by atoms with E-state index in [0.717, 1.165) is 30.8 Å². The van der Waals surface area contributed by atoms with E-state index in [-0.39, 0.29) is 11.8 Å². The highest BCUT2D eigenvalue weighted by atomic mass is 16.1. The summed E-state index contributed by atoms with van der Waals surface area (Å²) < 4.78 is 0. The van der Waals surface area contributed by atoms with Crippen molar-refractivity contribution in [3.05, 3.63) is 17.7 Å². The van der Waals surface area contributed by atoms with Gasteiger partial charge >= 0.3 is 0 Å². The van der Waals surface area contributed by atoms with E-state index >= 15 is 0 Å². The average Bonchev–Trinajstić information content (AvgIpc) is 2.48. The van der Waals surface area contributed by atoms with Crippen molar-refractivity contribution in [2.45, 2.75) is 32.6 Å². The maximum atomic E-state index is 11.5. The van der Waals surface area contributed by atoms with E-state index in [0.29, 0.717) is 6.54 Å². The zero-order valence-electron chi connectivity index (χ0n) is 9.05. The van der Waals surface area contributed by atoms with Crippen molar-refractivity contribution in [1.29, 1.82) is 0 Å². The van der Waals surface area contributed by atoms with Gasteiger partial charge in [-0.15, -0.1) is 0 Å². The van der Waals surface area contributed by atoms with Gasteiger partial charge in [0.1, 0.15) is 5.82 Å². The van der Waals surface area contributed by atoms with Gasteiger partial charge in [-0.3, -0.25) is 4.79 Å². The van der Waals surface area contributed by atoms with Crippen molar-refractivity contribution in [3.8, 4) is 0 Å². The first-order valence-electron chi connectivity index (χ1n) is 5.54. The molecule has 1 aromatic rings. The van der Waals surface area contributed by atoms with Crippen LogP contribution in [0, 0.1) is 12.8 Å². The molecule has 1 saturated carbocycles. The zero-order chi connectivity index (χ0) is 10.7. The molecule has 0 atom stereocenters. The van der Waals surface area contributed by atoms with E-state index in [4.69, 9.17) is 0 Å². The van der Waals surface area contributed by atoms with Crippen LogP contribution in [0.15, 0.2) is 6.20 Å². The molecule has 1 aromatic heterocycles. The molecule has 2 rings (SSSR count). The van der Waals surface area contributed by atoms with Crippen LogP contribution in [0.1, 0.15) is 30.8 Å². The Morgan fingerprint density at radius 3 is 3.00 bits per heavy atom. The van der Waals surface area contributed by atoms with Gasteiger partial charge in [-0.2, -0.15) is 0 Å². The molecule has 0 aliphatic heterocycles. The summed E-state index contributed by atoms with van der Waals surface area (Å²) in [4.78, 5) is 18.7. The minimum Gasteiger partial charge on any atom is -0.355 e. The van der Waals surface area contributed by atoms with E-state index in [1.54, 1.807) is 0 Å². The maximum absolute atomic E-state index is 11.5. The summed E-state index contributed by atoms with van der Waals surface area (Å²) in [5.41, 5.74) is 1.08. The molecule has 0 unspecified atom stereocenters. The Balaban J connectivity index is 1.68. The summed E-state index contributed by atoms with van der Waals surface area (Å²) in [7, 11) is 0. The van der Waals surface area contributed by atoms with Gasteiger partial charge in [0, 0.05) is 30.8 Å². The summed E-state index contributed by atoms with van der Waals surface area (Å²) >= 11 is 0. The van der Waals surface area contributed by atoms with Crippen LogP contribution >= 0.6 is 0 Å². The molecular weight excluding hydrogens is 190 g/mol. The normalized spacial score (nSPS) is 16.1. The van der Waals surface area contributed by atoms with Crippen molar-refractivity contribution in [2.75, 3.05) is 6.54 Å². The Hall–Kier alpha value is -1.32. The molecule has 0 radical (unpaired) electrons. The number of aromatic amines is 1. The van der Waals surface area contributed by atoms with Gasteiger partial charge in [0.15, 0.2) is 0 Å². The average molecular weight is 207 g/mol. The van der Waals surface area contributed by atoms with E-state index < -0.39 is 0 Å². The first-order chi connectivity index (χ1) is 7.25. The van der Waals surface area contributed by atoms with Gasteiger partial charge < -0.3 is 10.3 Å². The Morgan fingerprint density at radius 1 is 1.67 bits per heavy atom. The first kappa shape index (κ1) is 10.2. The zero-order valence-corrected chi connectivity index (χ0v) is 9.05. The molecule has 1 heterocycles. The molecule has 0 aromatic carbocycles. The highest BCUT2D eigenvalue weighted by molar-refractivity contribution is 5.79. The number of carbonyl (C=O) groups is 1. The molecule has 1 aliphatic carbocycles. The second-order valence-electron chi connectivity index (χ2n) is 4.16. The van der Waals surface area contributed by atoms with Crippen molar-refractivity contribution in [2.24, 2.45) is 5.92 Å². The van der Waals surface area contributed by atoms with Crippen LogP contribution in [0.5, 0.6) is 0 Å². The molecule has 1 aliphatic rings. The van der Waals surface area contributed by atoms with Gasteiger partial charge in [0.05, 0.1) is 0 Å². The van der Waals surface area contributed by atoms with Crippen LogP contribution in [0.25, 0.3) is 0 Å². The lowest BCUT2D eigenvalue weighted by Gasteiger charge is -2.23. The van der Waals surface area contributed by atoms with Crippen molar-refractivity contribution in [3.63, 3.8) is 0 Å². The summed E-state index contributed by atoms with van der Waals surface area (Å²) in [6.07, 6.45) is 5.99. The van der Waals surface area contributed by atoms with E-state index in [2.05, 4.69) is 15.3 Å². The topological polar surface area (TPSA) is 57.8 Å². The van der Waals surface area contributed by atoms with E-state index in [1.165, 1.54) is 6.42 Å². The minimum absolute atomic E-state index is 0.220. The molecule has 0 spiro atoms. The molecule has 82 valence electrons. The number of rotatable bonds is 4. The summed E-state index contributed by atoms with van der Waals surface area (Å²) in [5, 5.41) is 2.96. The second kappa shape index (κ2) is 4.47. The lowest BCUT2D eigenvalue weighted by atomic mass is 9.85. The fourth-order valence-electron chi connectivity index (χ4n) is 1.73. The van der Waals surface area contributed by atoms with Gasteiger partial charge in [-0.25, -0.2) is 4.98 Å². The number of hydrogen-bond donors (Lipinski definition) is 2. The van der Waals surface area contributed by atoms with Crippen LogP contribution in [-0.2, 0) is 11.2 Å². The van der Waals surface area contributed by atoms with Crippen LogP contribution in [-0.4, -0.2) is 22.4 Å². The Morgan fingerprint density at radius 2 is 2.47 bits per heavy atom. The molecule has 1 fully saturated rings. The highest BCUT2D eigenvalue weighted by Gasteiger charge is 2.24.